The predicted molar refractivity (Wildman–Crippen MR) is 91.2 cm³/mol. The van der Waals surface area contributed by atoms with E-state index < -0.39 is 5.97 Å². The van der Waals surface area contributed by atoms with E-state index in [0.29, 0.717) is 11.8 Å². The largest absolute Gasteiger partial charge is 0.481 e. The van der Waals surface area contributed by atoms with Crippen LogP contribution in [0.2, 0.25) is 0 Å². The lowest BCUT2D eigenvalue weighted by atomic mass is 9.42. The van der Waals surface area contributed by atoms with E-state index in [1.807, 2.05) is 0 Å². The lowest BCUT2D eigenvalue weighted by Crippen LogP contribution is -2.63. The highest BCUT2D eigenvalue weighted by atomic mass is 16.4. The quantitative estimate of drug-likeness (QED) is 0.774. The van der Waals surface area contributed by atoms with Crippen molar-refractivity contribution in [2.24, 2.45) is 34.0 Å². The van der Waals surface area contributed by atoms with Crippen molar-refractivity contribution in [1.82, 2.24) is 5.32 Å². The molecule has 3 saturated carbocycles. The molecule has 4 aliphatic rings. The van der Waals surface area contributed by atoms with E-state index in [2.05, 4.69) is 32.2 Å². The van der Waals surface area contributed by atoms with Crippen LogP contribution in [0.25, 0.3) is 0 Å². The van der Waals surface area contributed by atoms with Crippen molar-refractivity contribution in [2.75, 3.05) is 0 Å². The molecule has 4 rings (SSSR count). The molecule has 0 aromatic carbocycles. The summed E-state index contributed by atoms with van der Waals surface area (Å²) in [6.07, 6.45) is 9.90. The number of carboxylic acid groups (broad SMARTS) is 1. The fraction of sp³-hybridized carbons (Fsp3) is 0.800. The molecule has 24 heavy (non-hydrogen) atoms. The molecular weight excluding hydrogens is 302 g/mol. The van der Waals surface area contributed by atoms with Crippen molar-refractivity contribution in [3.05, 3.63) is 12.2 Å². The SMILES string of the molecule is C[C@]12C=CC(=O)N[C@@H]1CC[C@@]1(C)[C@@H]3CC[C@H](C(=O)O)[C@@]3(C)CC[C@H]21. The van der Waals surface area contributed by atoms with Crippen LogP contribution in [0.5, 0.6) is 0 Å². The Hall–Kier alpha value is -1.32. The number of carbonyl (C=O) groups excluding carboxylic acids is 1. The normalized spacial score (nSPS) is 52.9. The highest BCUT2D eigenvalue weighted by molar-refractivity contribution is 5.89. The van der Waals surface area contributed by atoms with Gasteiger partial charge in [-0.1, -0.05) is 26.8 Å². The number of amides is 1. The standard InChI is InChI=1S/C20H29NO3/c1-18-9-6-14-19(2,13(18)5-4-12(18)17(23)24)10-7-15-20(14,3)11-8-16(22)21-15/h8,11-15H,4-7,9-10H2,1-3H3,(H,21,22)(H,23,24)/t12-,13-,14+,15-,18-,19+,20-/m1/s1. The first-order chi connectivity index (χ1) is 11.2. The molecule has 1 aliphatic heterocycles. The maximum atomic E-state index is 11.8. The molecule has 0 unspecified atom stereocenters. The molecule has 4 heteroatoms. The van der Waals surface area contributed by atoms with Crippen LogP contribution < -0.4 is 5.32 Å². The monoisotopic (exact) mass is 331 g/mol. The molecule has 0 aromatic rings. The van der Waals surface area contributed by atoms with Gasteiger partial charge in [-0.3, -0.25) is 9.59 Å². The zero-order valence-corrected chi connectivity index (χ0v) is 15.0. The molecule has 1 heterocycles. The van der Waals surface area contributed by atoms with Crippen LogP contribution in [0.4, 0.5) is 0 Å². The molecular formula is C20H29NO3. The lowest BCUT2D eigenvalue weighted by molar-refractivity contribution is -0.158. The first kappa shape index (κ1) is 16.2. The minimum Gasteiger partial charge on any atom is -0.481 e. The van der Waals surface area contributed by atoms with E-state index >= 15 is 0 Å². The van der Waals surface area contributed by atoms with Gasteiger partial charge in [0.2, 0.25) is 5.91 Å². The molecule has 1 amide bonds. The highest BCUT2D eigenvalue weighted by Crippen LogP contribution is 2.70. The molecule has 7 atom stereocenters. The van der Waals surface area contributed by atoms with Gasteiger partial charge in [0.05, 0.1) is 5.92 Å². The second-order valence-corrected chi connectivity index (χ2v) is 9.42. The fourth-order valence-corrected chi connectivity index (χ4v) is 7.41. The molecule has 132 valence electrons. The van der Waals surface area contributed by atoms with Crippen molar-refractivity contribution in [1.29, 1.82) is 0 Å². The molecule has 0 radical (unpaired) electrons. The summed E-state index contributed by atoms with van der Waals surface area (Å²) in [6.45, 7) is 6.95. The van der Waals surface area contributed by atoms with Gasteiger partial charge in [-0.25, -0.2) is 0 Å². The van der Waals surface area contributed by atoms with Crippen molar-refractivity contribution in [3.63, 3.8) is 0 Å². The number of carbonyl (C=O) groups is 2. The van der Waals surface area contributed by atoms with Gasteiger partial charge in [-0.2, -0.15) is 0 Å². The fourth-order valence-electron chi connectivity index (χ4n) is 7.41. The first-order valence-electron chi connectivity index (χ1n) is 9.44. The van der Waals surface area contributed by atoms with Gasteiger partial charge in [-0.05, 0) is 67.3 Å². The Kier molecular flexibility index (Phi) is 3.27. The Morgan fingerprint density at radius 3 is 2.50 bits per heavy atom. The zero-order chi connectivity index (χ0) is 17.3. The summed E-state index contributed by atoms with van der Waals surface area (Å²) in [6, 6.07) is 0.231. The van der Waals surface area contributed by atoms with Crippen molar-refractivity contribution < 1.29 is 14.7 Å². The number of carboxylic acids is 1. The number of rotatable bonds is 1. The smallest absolute Gasteiger partial charge is 0.307 e. The van der Waals surface area contributed by atoms with E-state index in [1.165, 1.54) is 0 Å². The number of hydrogen-bond acceptors (Lipinski definition) is 2. The van der Waals surface area contributed by atoms with Crippen LogP contribution in [0, 0.1) is 34.0 Å². The molecule has 0 aromatic heterocycles. The summed E-state index contributed by atoms with van der Waals surface area (Å²) in [7, 11) is 0. The first-order valence-corrected chi connectivity index (χ1v) is 9.44. The van der Waals surface area contributed by atoms with E-state index in [-0.39, 0.29) is 34.1 Å². The Labute approximate surface area is 144 Å². The van der Waals surface area contributed by atoms with E-state index in [1.54, 1.807) is 6.08 Å². The number of nitrogens with one attached hydrogen (secondary N) is 1. The van der Waals surface area contributed by atoms with Crippen LogP contribution in [0.3, 0.4) is 0 Å². The van der Waals surface area contributed by atoms with Crippen LogP contribution in [-0.2, 0) is 9.59 Å². The molecule has 0 spiro atoms. The van der Waals surface area contributed by atoms with Gasteiger partial charge in [0.15, 0.2) is 0 Å². The highest BCUT2D eigenvalue weighted by Gasteiger charge is 2.65. The average molecular weight is 331 g/mol. The van der Waals surface area contributed by atoms with Gasteiger partial charge >= 0.3 is 5.97 Å². The minimum atomic E-state index is -0.605. The molecule has 0 bridgehead atoms. The Morgan fingerprint density at radius 1 is 1.08 bits per heavy atom. The molecule has 3 fully saturated rings. The number of aliphatic carboxylic acids is 1. The Balaban J connectivity index is 1.73. The second kappa shape index (κ2) is 4.86. The third kappa shape index (κ3) is 1.86. The summed E-state index contributed by atoms with van der Waals surface area (Å²) in [4.78, 5) is 23.6. The van der Waals surface area contributed by atoms with Gasteiger partial charge in [0.1, 0.15) is 0 Å². The summed E-state index contributed by atoms with van der Waals surface area (Å²) in [5.41, 5.74) is 0.111. The number of hydrogen-bond donors (Lipinski definition) is 2. The molecule has 3 aliphatic carbocycles. The Bertz CT molecular complexity index is 628. The van der Waals surface area contributed by atoms with Gasteiger partial charge in [-0.15, -0.1) is 0 Å². The summed E-state index contributed by atoms with van der Waals surface area (Å²) in [5.74, 6) is 0.243. The maximum absolute atomic E-state index is 11.8. The molecule has 4 nitrogen and oxygen atoms in total. The van der Waals surface area contributed by atoms with E-state index in [4.69, 9.17) is 0 Å². The minimum absolute atomic E-state index is 0.00352. The van der Waals surface area contributed by atoms with Crippen LogP contribution >= 0.6 is 0 Å². The van der Waals surface area contributed by atoms with Crippen LogP contribution in [0.1, 0.15) is 59.3 Å². The molecule has 0 saturated heterocycles. The lowest BCUT2D eigenvalue weighted by Gasteiger charge is -2.64. The van der Waals surface area contributed by atoms with Crippen LogP contribution in [-0.4, -0.2) is 23.0 Å². The van der Waals surface area contributed by atoms with Crippen molar-refractivity contribution in [3.8, 4) is 0 Å². The molecule has 2 N–H and O–H groups in total. The van der Waals surface area contributed by atoms with Gasteiger partial charge < -0.3 is 10.4 Å². The van der Waals surface area contributed by atoms with Crippen LogP contribution in [0.15, 0.2) is 12.2 Å². The summed E-state index contributed by atoms with van der Waals surface area (Å²) >= 11 is 0. The third-order valence-electron chi connectivity index (χ3n) is 8.58. The van der Waals surface area contributed by atoms with E-state index in [9.17, 15) is 14.7 Å². The third-order valence-corrected chi connectivity index (χ3v) is 8.58. The van der Waals surface area contributed by atoms with Crippen molar-refractivity contribution in [2.45, 2.75) is 65.3 Å². The summed E-state index contributed by atoms with van der Waals surface area (Å²) < 4.78 is 0. The average Bonchev–Trinajstić information content (AvgIpc) is 2.87. The maximum Gasteiger partial charge on any atom is 0.307 e. The zero-order valence-electron chi connectivity index (χ0n) is 15.0. The summed E-state index contributed by atoms with van der Waals surface area (Å²) in [5, 5.41) is 12.9. The number of fused-ring (bicyclic) bond motifs is 5. The second-order valence-electron chi connectivity index (χ2n) is 9.42. The predicted octanol–water partition coefficient (Wildman–Crippen LogP) is 3.37. The topological polar surface area (TPSA) is 66.4 Å². The van der Waals surface area contributed by atoms with E-state index in [0.717, 1.165) is 38.5 Å². The van der Waals surface area contributed by atoms with Gasteiger partial charge in [0, 0.05) is 11.5 Å². The Morgan fingerprint density at radius 2 is 1.79 bits per heavy atom. The van der Waals surface area contributed by atoms with Crippen molar-refractivity contribution >= 4 is 11.9 Å². The van der Waals surface area contributed by atoms with Gasteiger partial charge in [0.25, 0.3) is 0 Å².